The molecule has 1 unspecified atom stereocenters. The van der Waals surface area contributed by atoms with E-state index in [2.05, 4.69) is 31.2 Å². The summed E-state index contributed by atoms with van der Waals surface area (Å²) in [6.07, 6.45) is 0.929. The molecule has 0 aromatic heterocycles. The fourth-order valence-corrected chi connectivity index (χ4v) is 3.70. The second-order valence-electron chi connectivity index (χ2n) is 8.22. The van der Waals surface area contributed by atoms with E-state index in [4.69, 9.17) is 25.7 Å². The first-order valence-corrected chi connectivity index (χ1v) is 11.4. The lowest BCUT2D eigenvalue weighted by Crippen LogP contribution is -1.99. The molecule has 0 aliphatic heterocycles. The molecule has 4 aromatic rings. The first-order chi connectivity index (χ1) is 16.5. The first kappa shape index (κ1) is 23.1. The van der Waals surface area contributed by atoms with Gasteiger partial charge in [0.1, 0.15) is 28.7 Å². The highest BCUT2D eigenvalue weighted by atomic mass is 16.5. The lowest BCUT2D eigenvalue weighted by molar-refractivity contribution is 0.340. The van der Waals surface area contributed by atoms with E-state index >= 15 is 0 Å². The van der Waals surface area contributed by atoms with Crippen molar-refractivity contribution in [3.8, 4) is 28.7 Å². The molecular weight excluding hydrogens is 424 g/mol. The van der Waals surface area contributed by atoms with Crippen LogP contribution in [0.1, 0.15) is 30.9 Å². The molecule has 0 bridgehead atoms. The van der Waals surface area contributed by atoms with Gasteiger partial charge in [0.05, 0.1) is 12.3 Å². The van der Waals surface area contributed by atoms with E-state index in [0.29, 0.717) is 29.7 Å². The number of benzene rings is 4. The van der Waals surface area contributed by atoms with Gasteiger partial charge in [-0.3, -0.25) is 0 Å². The van der Waals surface area contributed by atoms with Gasteiger partial charge in [-0.05, 0) is 91.1 Å². The molecule has 34 heavy (non-hydrogen) atoms. The van der Waals surface area contributed by atoms with Crippen LogP contribution in [0, 0.1) is 0 Å². The first-order valence-electron chi connectivity index (χ1n) is 11.4. The zero-order chi connectivity index (χ0) is 23.9. The minimum absolute atomic E-state index is 0.360. The number of rotatable bonds is 9. The summed E-state index contributed by atoms with van der Waals surface area (Å²) in [5.74, 6) is 4.03. The van der Waals surface area contributed by atoms with Crippen LogP contribution in [0.3, 0.4) is 0 Å². The maximum atomic E-state index is 5.99. The fraction of sp³-hybridized carbons (Fsp3) is 0.172. The van der Waals surface area contributed by atoms with Crippen LogP contribution >= 0.6 is 0 Å². The Balaban J connectivity index is 1.35. The van der Waals surface area contributed by atoms with Crippen molar-refractivity contribution in [2.75, 3.05) is 18.1 Å². The predicted molar refractivity (Wildman–Crippen MR) is 138 cm³/mol. The Bertz CT molecular complexity index is 1200. The van der Waals surface area contributed by atoms with Crippen molar-refractivity contribution in [2.24, 2.45) is 0 Å². The SMILES string of the molecule is CCOc1cc(Oc2ccc(C(C)Cc3ccc(Oc4ccc(N)cc4)cc3)cc2)ccc1N. The van der Waals surface area contributed by atoms with E-state index < -0.39 is 0 Å². The summed E-state index contributed by atoms with van der Waals surface area (Å²) in [5, 5.41) is 0. The molecule has 4 aromatic carbocycles. The van der Waals surface area contributed by atoms with Crippen molar-refractivity contribution in [1.29, 1.82) is 0 Å². The lowest BCUT2D eigenvalue weighted by Gasteiger charge is -2.14. The molecule has 0 saturated carbocycles. The van der Waals surface area contributed by atoms with E-state index in [0.717, 1.165) is 29.4 Å². The Morgan fingerprint density at radius 2 is 1.21 bits per heavy atom. The van der Waals surface area contributed by atoms with Gasteiger partial charge in [0.2, 0.25) is 0 Å². The second kappa shape index (κ2) is 10.7. The molecule has 0 radical (unpaired) electrons. The number of nitrogen functional groups attached to an aromatic ring is 2. The average Bonchev–Trinajstić information content (AvgIpc) is 2.84. The summed E-state index contributed by atoms with van der Waals surface area (Å²) < 4.78 is 17.4. The Morgan fingerprint density at radius 1 is 0.676 bits per heavy atom. The van der Waals surface area contributed by atoms with Gasteiger partial charge in [-0.15, -0.1) is 0 Å². The monoisotopic (exact) mass is 454 g/mol. The molecule has 4 rings (SSSR count). The van der Waals surface area contributed by atoms with Crippen LogP contribution in [0.15, 0.2) is 91.0 Å². The van der Waals surface area contributed by atoms with E-state index in [-0.39, 0.29) is 0 Å². The van der Waals surface area contributed by atoms with Crippen molar-refractivity contribution in [3.63, 3.8) is 0 Å². The van der Waals surface area contributed by atoms with Gasteiger partial charge in [0.15, 0.2) is 0 Å². The maximum absolute atomic E-state index is 5.99. The number of nitrogens with two attached hydrogens (primary N) is 2. The van der Waals surface area contributed by atoms with Gasteiger partial charge in [0.25, 0.3) is 0 Å². The molecule has 5 heteroatoms. The molecule has 0 spiro atoms. The molecular formula is C29H30N2O3. The number of hydrogen-bond acceptors (Lipinski definition) is 5. The Labute approximate surface area is 200 Å². The predicted octanol–water partition coefficient (Wildman–Crippen LogP) is 7.18. The zero-order valence-electron chi connectivity index (χ0n) is 19.5. The molecule has 0 amide bonds. The molecule has 174 valence electrons. The van der Waals surface area contributed by atoms with Gasteiger partial charge in [-0.2, -0.15) is 0 Å². The quantitative estimate of drug-likeness (QED) is 0.262. The smallest absolute Gasteiger partial charge is 0.145 e. The van der Waals surface area contributed by atoms with E-state index in [1.165, 1.54) is 11.1 Å². The van der Waals surface area contributed by atoms with Crippen LogP contribution < -0.4 is 25.7 Å². The molecule has 4 N–H and O–H groups in total. The molecule has 0 saturated heterocycles. The topological polar surface area (TPSA) is 79.7 Å². The molecule has 0 aliphatic rings. The van der Waals surface area contributed by atoms with Crippen LogP contribution in [-0.4, -0.2) is 6.61 Å². The van der Waals surface area contributed by atoms with Gasteiger partial charge in [0, 0.05) is 11.8 Å². The van der Waals surface area contributed by atoms with E-state index in [1.807, 2.05) is 67.6 Å². The fourth-order valence-electron chi connectivity index (χ4n) is 3.70. The summed E-state index contributed by atoms with van der Waals surface area (Å²) in [4.78, 5) is 0. The van der Waals surface area contributed by atoms with Crippen LogP contribution in [0.5, 0.6) is 28.7 Å². The van der Waals surface area contributed by atoms with Gasteiger partial charge in [-0.1, -0.05) is 31.2 Å². The molecule has 0 heterocycles. The minimum Gasteiger partial charge on any atom is -0.492 e. The Hall–Kier alpha value is -4.12. The van der Waals surface area contributed by atoms with E-state index in [9.17, 15) is 0 Å². The molecule has 5 nitrogen and oxygen atoms in total. The Morgan fingerprint density at radius 3 is 1.82 bits per heavy atom. The van der Waals surface area contributed by atoms with Gasteiger partial charge < -0.3 is 25.7 Å². The minimum atomic E-state index is 0.360. The van der Waals surface area contributed by atoms with Crippen LogP contribution in [0.25, 0.3) is 0 Å². The van der Waals surface area contributed by atoms with Crippen molar-refractivity contribution in [1.82, 2.24) is 0 Å². The molecule has 1 atom stereocenters. The number of ether oxygens (including phenoxy) is 3. The number of anilines is 2. The third-order valence-corrected chi connectivity index (χ3v) is 5.55. The van der Waals surface area contributed by atoms with Crippen LogP contribution in [0.2, 0.25) is 0 Å². The summed E-state index contributed by atoms with van der Waals surface area (Å²) in [5.41, 5.74) is 15.5. The highest BCUT2D eigenvalue weighted by molar-refractivity contribution is 5.56. The van der Waals surface area contributed by atoms with Crippen molar-refractivity contribution < 1.29 is 14.2 Å². The summed E-state index contributed by atoms with van der Waals surface area (Å²) in [7, 11) is 0. The van der Waals surface area contributed by atoms with Gasteiger partial charge in [-0.25, -0.2) is 0 Å². The van der Waals surface area contributed by atoms with Gasteiger partial charge >= 0.3 is 0 Å². The molecule has 0 aliphatic carbocycles. The lowest BCUT2D eigenvalue weighted by atomic mass is 9.94. The number of hydrogen-bond donors (Lipinski definition) is 2. The van der Waals surface area contributed by atoms with Crippen molar-refractivity contribution in [3.05, 3.63) is 102 Å². The largest absolute Gasteiger partial charge is 0.492 e. The summed E-state index contributed by atoms with van der Waals surface area (Å²) in [6, 6.07) is 29.3. The molecule has 0 fully saturated rings. The van der Waals surface area contributed by atoms with Crippen LogP contribution in [0.4, 0.5) is 11.4 Å². The third kappa shape index (κ3) is 6.01. The standard InChI is InChI=1S/C29H30N2O3/c1-3-32-29-19-27(16-17-28(29)31)34-25-12-6-22(7-13-25)20(2)18-21-4-10-24(11-5-21)33-26-14-8-23(30)9-15-26/h4-17,19-20H,3,18,30-31H2,1-2H3. The van der Waals surface area contributed by atoms with E-state index in [1.54, 1.807) is 6.07 Å². The maximum Gasteiger partial charge on any atom is 0.145 e. The van der Waals surface area contributed by atoms with Crippen LogP contribution in [-0.2, 0) is 6.42 Å². The average molecular weight is 455 g/mol. The summed E-state index contributed by atoms with van der Waals surface area (Å²) in [6.45, 7) is 4.71. The Kier molecular flexibility index (Phi) is 7.23. The second-order valence-corrected chi connectivity index (χ2v) is 8.22. The van der Waals surface area contributed by atoms with Crippen molar-refractivity contribution >= 4 is 11.4 Å². The highest BCUT2D eigenvalue weighted by Gasteiger charge is 2.09. The highest BCUT2D eigenvalue weighted by Crippen LogP contribution is 2.31. The summed E-state index contributed by atoms with van der Waals surface area (Å²) >= 11 is 0. The zero-order valence-corrected chi connectivity index (χ0v) is 19.5. The van der Waals surface area contributed by atoms with Crippen molar-refractivity contribution in [2.45, 2.75) is 26.2 Å². The normalized spacial score (nSPS) is 11.6. The third-order valence-electron chi connectivity index (χ3n) is 5.55.